The predicted octanol–water partition coefficient (Wildman–Crippen LogP) is 1.28. The standard InChI is InChI=1S/C13H25NO3S/c1-17-6-7-18-10-13(16)14-8-11-4-2-3-5-12(11)9-15/h11-12,15H,2-10H2,1H3,(H,14,16). The van der Waals surface area contributed by atoms with Gasteiger partial charge in [0.2, 0.25) is 5.91 Å². The Hall–Kier alpha value is -0.260. The molecule has 1 rings (SSSR count). The smallest absolute Gasteiger partial charge is 0.230 e. The minimum Gasteiger partial charge on any atom is -0.396 e. The molecule has 1 aliphatic carbocycles. The Kier molecular flexibility index (Phi) is 8.46. The van der Waals surface area contributed by atoms with Gasteiger partial charge in [-0.3, -0.25) is 4.79 Å². The van der Waals surface area contributed by atoms with Crippen LogP contribution in [0.4, 0.5) is 0 Å². The fraction of sp³-hybridized carbons (Fsp3) is 0.923. The summed E-state index contributed by atoms with van der Waals surface area (Å²) in [6.07, 6.45) is 4.66. The van der Waals surface area contributed by atoms with Gasteiger partial charge in [0.25, 0.3) is 0 Å². The lowest BCUT2D eigenvalue weighted by molar-refractivity contribution is -0.118. The number of ether oxygens (including phenoxy) is 1. The van der Waals surface area contributed by atoms with Crippen molar-refractivity contribution in [3.05, 3.63) is 0 Å². The topological polar surface area (TPSA) is 58.6 Å². The second-order valence-corrected chi connectivity index (χ2v) is 5.94. The number of hydrogen-bond donors (Lipinski definition) is 2. The molecule has 2 atom stereocenters. The average molecular weight is 275 g/mol. The third-order valence-electron chi connectivity index (χ3n) is 3.53. The van der Waals surface area contributed by atoms with Crippen LogP contribution in [-0.2, 0) is 9.53 Å². The number of nitrogens with one attached hydrogen (secondary N) is 1. The highest BCUT2D eigenvalue weighted by atomic mass is 32.2. The molecule has 1 saturated carbocycles. The molecule has 0 aromatic rings. The monoisotopic (exact) mass is 275 g/mol. The van der Waals surface area contributed by atoms with Gasteiger partial charge >= 0.3 is 0 Å². The number of carbonyl (C=O) groups is 1. The number of thioether (sulfide) groups is 1. The summed E-state index contributed by atoms with van der Waals surface area (Å²) in [6, 6.07) is 0. The highest BCUT2D eigenvalue weighted by Gasteiger charge is 2.24. The number of aliphatic hydroxyl groups is 1. The molecule has 1 fully saturated rings. The van der Waals surface area contributed by atoms with Crippen molar-refractivity contribution in [3.8, 4) is 0 Å². The highest BCUT2D eigenvalue weighted by molar-refractivity contribution is 7.99. The summed E-state index contributed by atoms with van der Waals surface area (Å²) >= 11 is 1.59. The van der Waals surface area contributed by atoms with Gasteiger partial charge < -0.3 is 15.2 Å². The molecule has 0 saturated heterocycles. The minimum atomic E-state index is 0.0957. The molecule has 2 unspecified atom stereocenters. The van der Waals surface area contributed by atoms with E-state index in [0.29, 0.717) is 24.2 Å². The zero-order valence-electron chi connectivity index (χ0n) is 11.2. The van der Waals surface area contributed by atoms with E-state index in [4.69, 9.17) is 4.74 Å². The number of hydrogen-bond acceptors (Lipinski definition) is 4. The third-order valence-corrected chi connectivity index (χ3v) is 4.45. The van der Waals surface area contributed by atoms with E-state index in [2.05, 4.69) is 5.32 Å². The largest absolute Gasteiger partial charge is 0.396 e. The van der Waals surface area contributed by atoms with Crippen molar-refractivity contribution in [2.24, 2.45) is 11.8 Å². The first kappa shape index (κ1) is 15.8. The molecular formula is C13H25NO3S. The number of rotatable bonds is 8. The van der Waals surface area contributed by atoms with Crippen molar-refractivity contribution in [1.29, 1.82) is 0 Å². The van der Waals surface area contributed by atoms with E-state index in [1.165, 1.54) is 12.8 Å². The van der Waals surface area contributed by atoms with Gasteiger partial charge in [-0.1, -0.05) is 12.8 Å². The first-order chi connectivity index (χ1) is 8.77. The molecule has 0 aromatic heterocycles. The SMILES string of the molecule is COCCSCC(=O)NCC1CCCCC1CO. The fourth-order valence-electron chi connectivity index (χ4n) is 2.40. The van der Waals surface area contributed by atoms with Gasteiger partial charge in [-0.2, -0.15) is 0 Å². The van der Waals surface area contributed by atoms with E-state index < -0.39 is 0 Å². The molecule has 0 aliphatic heterocycles. The Morgan fingerprint density at radius 2 is 2.11 bits per heavy atom. The lowest BCUT2D eigenvalue weighted by atomic mass is 9.79. The second-order valence-electron chi connectivity index (χ2n) is 4.84. The molecule has 0 spiro atoms. The molecule has 4 nitrogen and oxygen atoms in total. The van der Waals surface area contributed by atoms with Crippen molar-refractivity contribution in [3.63, 3.8) is 0 Å². The zero-order valence-corrected chi connectivity index (χ0v) is 12.0. The molecule has 2 N–H and O–H groups in total. The van der Waals surface area contributed by atoms with Crippen molar-refractivity contribution in [2.75, 3.05) is 38.4 Å². The number of aliphatic hydroxyl groups excluding tert-OH is 1. The van der Waals surface area contributed by atoms with Crippen LogP contribution in [0.3, 0.4) is 0 Å². The third kappa shape index (κ3) is 6.07. The van der Waals surface area contributed by atoms with Gasteiger partial charge in [0, 0.05) is 26.0 Å². The lowest BCUT2D eigenvalue weighted by Crippen LogP contribution is -2.36. The summed E-state index contributed by atoms with van der Waals surface area (Å²) in [5, 5.41) is 12.3. The fourth-order valence-corrected chi connectivity index (χ4v) is 3.11. The average Bonchev–Trinajstić information content (AvgIpc) is 2.41. The van der Waals surface area contributed by atoms with E-state index in [1.807, 2.05) is 0 Å². The summed E-state index contributed by atoms with van der Waals surface area (Å²) in [7, 11) is 1.67. The first-order valence-electron chi connectivity index (χ1n) is 6.72. The summed E-state index contributed by atoms with van der Waals surface area (Å²) in [5.41, 5.74) is 0. The van der Waals surface area contributed by atoms with Gasteiger partial charge in [-0.15, -0.1) is 11.8 Å². The minimum absolute atomic E-state index is 0.0957. The second kappa shape index (κ2) is 9.64. The Morgan fingerprint density at radius 1 is 1.39 bits per heavy atom. The maximum Gasteiger partial charge on any atom is 0.230 e. The van der Waals surface area contributed by atoms with Crippen LogP contribution in [-0.4, -0.2) is 49.4 Å². The van der Waals surface area contributed by atoms with Crippen LogP contribution in [0.15, 0.2) is 0 Å². The van der Waals surface area contributed by atoms with Gasteiger partial charge in [0.05, 0.1) is 12.4 Å². The summed E-state index contributed by atoms with van der Waals surface area (Å²) in [5.74, 6) is 2.28. The summed E-state index contributed by atoms with van der Waals surface area (Å²) < 4.78 is 4.93. The Bertz CT molecular complexity index is 238. The zero-order chi connectivity index (χ0) is 13.2. The lowest BCUT2D eigenvalue weighted by Gasteiger charge is -2.30. The van der Waals surface area contributed by atoms with Crippen LogP contribution < -0.4 is 5.32 Å². The van der Waals surface area contributed by atoms with Crippen LogP contribution in [0.5, 0.6) is 0 Å². The molecule has 106 valence electrons. The van der Waals surface area contributed by atoms with Crippen LogP contribution in [0, 0.1) is 11.8 Å². The van der Waals surface area contributed by atoms with E-state index in [9.17, 15) is 9.90 Å². The highest BCUT2D eigenvalue weighted by Crippen LogP contribution is 2.28. The number of carbonyl (C=O) groups excluding carboxylic acids is 1. The van der Waals surface area contributed by atoms with Crippen molar-refractivity contribution < 1.29 is 14.6 Å². The Balaban J connectivity index is 2.12. The molecule has 0 bridgehead atoms. The van der Waals surface area contributed by atoms with E-state index in [-0.39, 0.29) is 12.5 Å². The first-order valence-corrected chi connectivity index (χ1v) is 7.87. The molecule has 0 aromatic carbocycles. The van der Waals surface area contributed by atoms with Crippen LogP contribution in [0.1, 0.15) is 25.7 Å². The Labute approximate surface area is 114 Å². The van der Waals surface area contributed by atoms with Crippen LogP contribution >= 0.6 is 11.8 Å². The maximum absolute atomic E-state index is 11.6. The Morgan fingerprint density at radius 3 is 2.78 bits per heavy atom. The molecular weight excluding hydrogens is 250 g/mol. The van der Waals surface area contributed by atoms with Gasteiger partial charge in [-0.05, 0) is 24.7 Å². The van der Waals surface area contributed by atoms with Crippen LogP contribution in [0.25, 0.3) is 0 Å². The molecule has 0 radical (unpaired) electrons. The van der Waals surface area contributed by atoms with Crippen molar-refractivity contribution >= 4 is 17.7 Å². The van der Waals surface area contributed by atoms with Crippen molar-refractivity contribution in [1.82, 2.24) is 5.32 Å². The molecule has 5 heteroatoms. The van der Waals surface area contributed by atoms with Gasteiger partial charge in [0.1, 0.15) is 0 Å². The molecule has 18 heavy (non-hydrogen) atoms. The summed E-state index contributed by atoms with van der Waals surface area (Å²) in [4.78, 5) is 11.6. The predicted molar refractivity (Wildman–Crippen MR) is 74.7 cm³/mol. The summed E-state index contributed by atoms with van der Waals surface area (Å²) in [6.45, 7) is 1.66. The number of amides is 1. The molecule has 1 aliphatic rings. The van der Waals surface area contributed by atoms with E-state index in [0.717, 1.165) is 25.1 Å². The van der Waals surface area contributed by atoms with Crippen LogP contribution in [0.2, 0.25) is 0 Å². The van der Waals surface area contributed by atoms with Gasteiger partial charge in [0.15, 0.2) is 0 Å². The van der Waals surface area contributed by atoms with E-state index >= 15 is 0 Å². The maximum atomic E-state index is 11.6. The van der Waals surface area contributed by atoms with Crippen molar-refractivity contribution in [2.45, 2.75) is 25.7 Å². The molecule has 1 amide bonds. The normalized spacial score (nSPS) is 23.9. The molecule has 0 heterocycles. The number of methoxy groups -OCH3 is 1. The van der Waals surface area contributed by atoms with Gasteiger partial charge in [-0.25, -0.2) is 0 Å². The quantitative estimate of drug-likeness (QED) is 0.655. The van der Waals surface area contributed by atoms with E-state index in [1.54, 1.807) is 18.9 Å².